The van der Waals surface area contributed by atoms with E-state index in [2.05, 4.69) is 0 Å². The third-order valence-corrected chi connectivity index (χ3v) is 7.79. The number of carbonyl (C=O) groups excluding carboxylic acids is 3. The van der Waals surface area contributed by atoms with Crippen LogP contribution in [0.15, 0.2) is 53.3 Å². The number of aliphatic hydroxyl groups excluding tert-OH is 2. The number of phenols is 1. The predicted molar refractivity (Wildman–Crippen MR) is 135 cm³/mol. The van der Waals surface area contributed by atoms with Crippen molar-refractivity contribution in [1.29, 1.82) is 0 Å². The third-order valence-electron chi connectivity index (χ3n) is 7.79. The topological polar surface area (TPSA) is 170 Å². The standard InChI is InChI=1S/C28H23F3N2O7/c29-28(30,31)15-6-2-12(3-7-15)1-4-13-5-8-18(34)21-17(13)10-14-9-16-11-19(35)22(26(39)33-32)25(38)27(16,40)24(37)20(14)23(21)36/h1-8,14,16,34,36,38,40H,9-11,32H2,(H,33,39)/b4-1+/t14-,16+,27+/m1/s1. The van der Waals surface area contributed by atoms with Crippen LogP contribution in [0.25, 0.3) is 17.9 Å². The minimum Gasteiger partial charge on any atom is -0.508 e. The molecular weight excluding hydrogens is 533 g/mol. The highest BCUT2D eigenvalue weighted by molar-refractivity contribution is 6.23. The van der Waals surface area contributed by atoms with Gasteiger partial charge in [-0.3, -0.25) is 19.8 Å². The second-order valence-corrected chi connectivity index (χ2v) is 10.00. The van der Waals surface area contributed by atoms with E-state index >= 15 is 0 Å². The number of rotatable bonds is 3. The first-order valence-electron chi connectivity index (χ1n) is 12.2. The number of halogens is 3. The largest absolute Gasteiger partial charge is 0.508 e. The van der Waals surface area contributed by atoms with Crippen LogP contribution in [-0.2, 0) is 27.0 Å². The highest BCUT2D eigenvalue weighted by atomic mass is 19.4. The molecule has 12 heteroatoms. The molecule has 3 aliphatic carbocycles. The van der Waals surface area contributed by atoms with Gasteiger partial charge in [0, 0.05) is 17.9 Å². The van der Waals surface area contributed by atoms with E-state index in [9.17, 15) is 48.0 Å². The average molecular weight is 556 g/mol. The van der Waals surface area contributed by atoms with Crippen LogP contribution < -0.4 is 11.3 Å². The molecule has 3 atom stereocenters. The Morgan fingerprint density at radius 1 is 1.02 bits per heavy atom. The van der Waals surface area contributed by atoms with Crippen molar-refractivity contribution in [1.82, 2.24) is 5.43 Å². The summed E-state index contributed by atoms with van der Waals surface area (Å²) >= 11 is 0. The molecule has 0 radical (unpaired) electrons. The fourth-order valence-electron chi connectivity index (χ4n) is 5.82. The zero-order valence-corrected chi connectivity index (χ0v) is 20.6. The molecule has 0 heterocycles. The van der Waals surface area contributed by atoms with Crippen LogP contribution in [0.4, 0.5) is 13.2 Å². The Morgan fingerprint density at radius 3 is 2.33 bits per heavy atom. The van der Waals surface area contributed by atoms with Gasteiger partial charge < -0.3 is 20.4 Å². The fraction of sp³-hybridized carbons (Fsp3) is 0.250. The lowest BCUT2D eigenvalue weighted by atomic mass is 9.59. The second-order valence-electron chi connectivity index (χ2n) is 10.00. The molecule has 0 spiro atoms. The summed E-state index contributed by atoms with van der Waals surface area (Å²) in [5.41, 5.74) is -1.54. The van der Waals surface area contributed by atoms with E-state index in [1.807, 2.05) is 0 Å². The summed E-state index contributed by atoms with van der Waals surface area (Å²) in [4.78, 5) is 38.3. The number of hydrogen-bond donors (Lipinski definition) is 6. The summed E-state index contributed by atoms with van der Waals surface area (Å²) in [6.07, 6.45) is -1.68. The highest BCUT2D eigenvalue weighted by Crippen LogP contribution is 2.52. The lowest BCUT2D eigenvalue weighted by Gasteiger charge is -2.46. The summed E-state index contributed by atoms with van der Waals surface area (Å²) in [6.45, 7) is 0. The van der Waals surface area contributed by atoms with Crippen LogP contribution in [0.3, 0.4) is 0 Å². The Balaban J connectivity index is 1.57. The molecule has 2 aromatic carbocycles. The minimum atomic E-state index is -4.47. The number of fused-ring (bicyclic) bond motifs is 3. The van der Waals surface area contributed by atoms with Gasteiger partial charge in [0.2, 0.25) is 5.78 Å². The maximum Gasteiger partial charge on any atom is 0.416 e. The number of nitrogens with two attached hydrogens (primary N) is 1. The summed E-state index contributed by atoms with van der Waals surface area (Å²) in [5, 5.41) is 43.8. The van der Waals surface area contributed by atoms with Gasteiger partial charge in [0.1, 0.15) is 22.8 Å². The van der Waals surface area contributed by atoms with Gasteiger partial charge in [0.25, 0.3) is 5.91 Å². The van der Waals surface area contributed by atoms with E-state index in [-0.39, 0.29) is 29.7 Å². The Morgan fingerprint density at radius 2 is 1.70 bits per heavy atom. The number of ketones is 2. The normalized spacial score (nSPS) is 24.6. The zero-order chi connectivity index (χ0) is 29.1. The average Bonchev–Trinajstić information content (AvgIpc) is 2.90. The molecule has 0 aromatic heterocycles. The van der Waals surface area contributed by atoms with Crippen molar-refractivity contribution in [2.75, 3.05) is 0 Å². The number of hydrazine groups is 1. The summed E-state index contributed by atoms with van der Waals surface area (Å²) in [5.74, 6) is -1.97. The first-order chi connectivity index (χ1) is 18.8. The van der Waals surface area contributed by atoms with E-state index in [1.165, 1.54) is 18.2 Å². The van der Waals surface area contributed by atoms with E-state index in [4.69, 9.17) is 5.84 Å². The Labute approximate surface area is 224 Å². The van der Waals surface area contributed by atoms with E-state index in [1.54, 1.807) is 23.6 Å². The number of carbonyl (C=O) groups is 3. The van der Waals surface area contributed by atoms with Gasteiger partial charge in [0.15, 0.2) is 11.4 Å². The van der Waals surface area contributed by atoms with Crippen LogP contribution in [0.2, 0.25) is 0 Å². The molecule has 0 bridgehead atoms. The molecule has 1 fully saturated rings. The number of Topliss-reactive ketones (excluding diaryl/α,β-unsaturated/α-hetero) is 2. The lowest BCUT2D eigenvalue weighted by Crippen LogP contribution is -2.58. The van der Waals surface area contributed by atoms with Gasteiger partial charge in [0.05, 0.1) is 11.1 Å². The Hall–Kier alpha value is -4.42. The van der Waals surface area contributed by atoms with Gasteiger partial charge in [-0.15, -0.1) is 0 Å². The molecule has 2 aromatic rings. The zero-order valence-electron chi connectivity index (χ0n) is 20.6. The third kappa shape index (κ3) is 4.07. The summed E-state index contributed by atoms with van der Waals surface area (Å²) in [7, 11) is 0. The first kappa shape index (κ1) is 27.2. The van der Waals surface area contributed by atoms with Gasteiger partial charge in [-0.05, 0) is 53.6 Å². The molecule has 5 rings (SSSR count). The van der Waals surface area contributed by atoms with Crippen LogP contribution in [0, 0.1) is 11.8 Å². The van der Waals surface area contributed by atoms with Crippen LogP contribution in [0.5, 0.6) is 5.75 Å². The number of nitrogens with one attached hydrogen (secondary N) is 1. The van der Waals surface area contributed by atoms with Gasteiger partial charge in [-0.1, -0.05) is 30.4 Å². The van der Waals surface area contributed by atoms with Gasteiger partial charge in [-0.2, -0.15) is 13.2 Å². The number of hydrogen-bond acceptors (Lipinski definition) is 8. The van der Waals surface area contributed by atoms with Crippen molar-refractivity contribution in [3.63, 3.8) is 0 Å². The number of amides is 1. The molecule has 1 amide bonds. The molecule has 7 N–H and O–H groups in total. The summed E-state index contributed by atoms with van der Waals surface area (Å²) < 4.78 is 38.6. The van der Waals surface area contributed by atoms with Crippen LogP contribution in [-0.4, -0.2) is 43.5 Å². The van der Waals surface area contributed by atoms with Crippen molar-refractivity contribution in [2.45, 2.75) is 31.0 Å². The van der Waals surface area contributed by atoms with Crippen LogP contribution >= 0.6 is 0 Å². The molecule has 1 saturated carbocycles. The minimum absolute atomic E-state index is 0.0217. The maximum absolute atomic E-state index is 13.6. The van der Waals surface area contributed by atoms with E-state index in [0.717, 1.165) is 12.1 Å². The molecule has 0 saturated heterocycles. The maximum atomic E-state index is 13.6. The number of aliphatic hydroxyl groups is 3. The molecular formula is C28H23F3N2O7. The Bertz CT molecular complexity index is 1560. The molecule has 3 aliphatic rings. The van der Waals surface area contributed by atoms with E-state index in [0.29, 0.717) is 16.7 Å². The monoisotopic (exact) mass is 556 g/mol. The lowest BCUT2D eigenvalue weighted by molar-refractivity contribution is -0.147. The van der Waals surface area contributed by atoms with Crippen LogP contribution in [0.1, 0.15) is 40.7 Å². The van der Waals surface area contributed by atoms with Crippen molar-refractivity contribution >= 4 is 35.4 Å². The predicted octanol–water partition coefficient (Wildman–Crippen LogP) is 3.12. The molecule has 0 aliphatic heterocycles. The van der Waals surface area contributed by atoms with Crippen molar-refractivity contribution < 1.29 is 48.0 Å². The molecule has 40 heavy (non-hydrogen) atoms. The number of benzene rings is 2. The summed E-state index contributed by atoms with van der Waals surface area (Å²) in [6, 6.07) is 7.29. The fourth-order valence-corrected chi connectivity index (χ4v) is 5.82. The molecule has 0 unspecified atom stereocenters. The van der Waals surface area contributed by atoms with Crippen molar-refractivity contribution in [3.05, 3.63) is 81.1 Å². The SMILES string of the molecule is NNC(=O)C1=C(O)[C@@]2(O)C(=O)C3=C(O)c4c(O)ccc(/C=C/c5ccc(C(F)(F)F)cc5)c4C[C@H]3C[C@H]2CC1=O. The smallest absolute Gasteiger partial charge is 0.416 e. The number of phenolic OH excluding ortho intramolecular Hbond substituents is 1. The Kier molecular flexibility index (Phi) is 6.35. The number of aromatic hydroxyl groups is 1. The van der Waals surface area contributed by atoms with E-state index < -0.39 is 70.2 Å². The van der Waals surface area contributed by atoms with Crippen molar-refractivity contribution in [3.8, 4) is 5.75 Å². The van der Waals surface area contributed by atoms with Gasteiger partial charge >= 0.3 is 6.18 Å². The molecule has 208 valence electrons. The van der Waals surface area contributed by atoms with Gasteiger partial charge in [-0.25, -0.2) is 5.84 Å². The highest BCUT2D eigenvalue weighted by Gasteiger charge is 2.60. The second kappa shape index (κ2) is 9.35. The quantitative estimate of drug-likeness (QED) is 0.110. The number of alkyl halides is 3. The first-order valence-corrected chi connectivity index (χ1v) is 12.2. The molecule has 9 nitrogen and oxygen atoms in total. The van der Waals surface area contributed by atoms with Crippen molar-refractivity contribution in [2.24, 2.45) is 17.7 Å².